The monoisotopic (exact) mass is 267 g/mol. The third-order valence-electron chi connectivity index (χ3n) is 4.00. The summed E-state index contributed by atoms with van der Waals surface area (Å²) in [6, 6.07) is 16.8. The summed E-state index contributed by atoms with van der Waals surface area (Å²) in [7, 11) is 0. The highest BCUT2D eigenvalue weighted by molar-refractivity contribution is 5.38. The summed E-state index contributed by atoms with van der Waals surface area (Å²) < 4.78 is 6.11. The third kappa shape index (κ3) is 2.44. The zero-order valence-corrected chi connectivity index (χ0v) is 12.0. The van der Waals surface area contributed by atoms with Gasteiger partial charge in [0.25, 0.3) is 0 Å². The van der Waals surface area contributed by atoms with Crippen LogP contribution >= 0.6 is 0 Å². The van der Waals surface area contributed by atoms with Crippen LogP contribution in [0.5, 0.6) is 5.75 Å². The number of fused-ring (bicyclic) bond motifs is 1. The molecule has 2 N–H and O–H groups in total. The molecule has 2 nitrogen and oxygen atoms in total. The first-order valence-corrected chi connectivity index (χ1v) is 7.25. The molecule has 3 rings (SSSR count). The molecule has 1 heterocycles. The standard InChI is InChI=1S/C18H21NO/c1-12(2)13-7-9-14(10-8-13)18-16(19)11-15-5-3-4-6-17(15)20-18/h3-10,12,16,18H,11,19H2,1-2H3/t16-,18-/m0/s1. The zero-order valence-electron chi connectivity index (χ0n) is 12.0. The first-order valence-electron chi connectivity index (χ1n) is 7.25. The maximum Gasteiger partial charge on any atom is 0.139 e. The summed E-state index contributed by atoms with van der Waals surface area (Å²) >= 11 is 0. The molecule has 2 aromatic carbocycles. The number of hydrogen-bond acceptors (Lipinski definition) is 2. The van der Waals surface area contributed by atoms with Crippen molar-refractivity contribution in [2.75, 3.05) is 0 Å². The predicted octanol–water partition coefficient (Wildman–Crippen LogP) is 3.81. The second-order valence-electron chi connectivity index (χ2n) is 5.84. The van der Waals surface area contributed by atoms with Gasteiger partial charge in [-0.3, -0.25) is 0 Å². The van der Waals surface area contributed by atoms with E-state index in [-0.39, 0.29) is 12.1 Å². The van der Waals surface area contributed by atoms with Crippen LogP contribution in [0.25, 0.3) is 0 Å². The number of para-hydroxylation sites is 1. The van der Waals surface area contributed by atoms with Gasteiger partial charge < -0.3 is 10.5 Å². The fraction of sp³-hybridized carbons (Fsp3) is 0.333. The van der Waals surface area contributed by atoms with E-state index in [1.807, 2.05) is 18.2 Å². The van der Waals surface area contributed by atoms with Crippen molar-refractivity contribution in [2.45, 2.75) is 38.3 Å². The van der Waals surface area contributed by atoms with Crippen molar-refractivity contribution in [1.29, 1.82) is 0 Å². The molecule has 0 aliphatic carbocycles. The number of benzene rings is 2. The van der Waals surface area contributed by atoms with E-state index in [2.05, 4.69) is 44.2 Å². The summed E-state index contributed by atoms with van der Waals surface area (Å²) in [4.78, 5) is 0. The summed E-state index contributed by atoms with van der Waals surface area (Å²) in [5.74, 6) is 1.51. The minimum Gasteiger partial charge on any atom is -0.484 e. The molecule has 0 saturated carbocycles. The minimum atomic E-state index is -0.0499. The second-order valence-corrected chi connectivity index (χ2v) is 5.84. The quantitative estimate of drug-likeness (QED) is 0.898. The van der Waals surface area contributed by atoms with E-state index < -0.39 is 0 Å². The van der Waals surface area contributed by atoms with Gasteiger partial charge in [0, 0.05) is 0 Å². The van der Waals surface area contributed by atoms with E-state index in [0.717, 1.165) is 17.7 Å². The maximum atomic E-state index is 6.30. The number of hydrogen-bond donors (Lipinski definition) is 1. The SMILES string of the molecule is CC(C)c1ccc([C@@H]2Oc3ccccc3C[C@@H]2N)cc1. The first kappa shape index (κ1) is 13.2. The Morgan fingerprint density at radius 1 is 1.05 bits per heavy atom. The predicted molar refractivity (Wildman–Crippen MR) is 82.0 cm³/mol. The lowest BCUT2D eigenvalue weighted by Gasteiger charge is -2.31. The van der Waals surface area contributed by atoms with Crippen molar-refractivity contribution in [3.8, 4) is 5.75 Å². The molecule has 0 fully saturated rings. The number of rotatable bonds is 2. The van der Waals surface area contributed by atoms with Crippen LogP contribution in [0.4, 0.5) is 0 Å². The molecule has 2 heteroatoms. The Kier molecular flexibility index (Phi) is 3.49. The Hall–Kier alpha value is -1.80. The Balaban J connectivity index is 1.87. The van der Waals surface area contributed by atoms with Gasteiger partial charge in [-0.2, -0.15) is 0 Å². The van der Waals surface area contributed by atoms with Crippen LogP contribution in [0.15, 0.2) is 48.5 Å². The van der Waals surface area contributed by atoms with E-state index in [1.54, 1.807) is 0 Å². The summed E-state index contributed by atoms with van der Waals surface area (Å²) in [5, 5.41) is 0. The highest BCUT2D eigenvalue weighted by atomic mass is 16.5. The lowest BCUT2D eigenvalue weighted by atomic mass is 9.92. The van der Waals surface area contributed by atoms with Gasteiger partial charge in [0.1, 0.15) is 11.9 Å². The van der Waals surface area contributed by atoms with Crippen LogP contribution in [0.3, 0.4) is 0 Å². The Morgan fingerprint density at radius 3 is 2.45 bits per heavy atom. The Bertz CT molecular complexity index is 589. The molecule has 0 bridgehead atoms. The van der Waals surface area contributed by atoms with E-state index in [0.29, 0.717) is 5.92 Å². The average Bonchev–Trinajstić information content (AvgIpc) is 2.46. The summed E-state index contributed by atoms with van der Waals surface area (Å²) in [6.45, 7) is 4.40. The van der Waals surface area contributed by atoms with Crippen LogP contribution in [0.2, 0.25) is 0 Å². The van der Waals surface area contributed by atoms with Gasteiger partial charge in [-0.15, -0.1) is 0 Å². The number of nitrogens with two attached hydrogens (primary N) is 1. The van der Waals surface area contributed by atoms with E-state index in [9.17, 15) is 0 Å². The van der Waals surface area contributed by atoms with Crippen molar-refractivity contribution >= 4 is 0 Å². The number of ether oxygens (including phenoxy) is 1. The fourth-order valence-electron chi connectivity index (χ4n) is 2.76. The maximum absolute atomic E-state index is 6.30. The van der Waals surface area contributed by atoms with Gasteiger partial charge in [-0.05, 0) is 35.1 Å². The molecular formula is C18H21NO. The van der Waals surface area contributed by atoms with Crippen molar-refractivity contribution in [3.05, 3.63) is 65.2 Å². The molecule has 0 unspecified atom stereocenters. The van der Waals surface area contributed by atoms with Crippen molar-refractivity contribution in [3.63, 3.8) is 0 Å². The third-order valence-corrected chi connectivity index (χ3v) is 4.00. The second kappa shape index (κ2) is 5.29. The molecule has 0 spiro atoms. The van der Waals surface area contributed by atoms with Gasteiger partial charge in [-0.25, -0.2) is 0 Å². The zero-order chi connectivity index (χ0) is 14.1. The van der Waals surface area contributed by atoms with Crippen LogP contribution in [0, 0.1) is 0 Å². The van der Waals surface area contributed by atoms with E-state index in [4.69, 9.17) is 10.5 Å². The fourth-order valence-corrected chi connectivity index (χ4v) is 2.76. The van der Waals surface area contributed by atoms with Crippen molar-refractivity contribution in [1.82, 2.24) is 0 Å². The smallest absolute Gasteiger partial charge is 0.139 e. The largest absolute Gasteiger partial charge is 0.484 e. The van der Waals surface area contributed by atoms with Gasteiger partial charge >= 0.3 is 0 Å². The topological polar surface area (TPSA) is 35.2 Å². The van der Waals surface area contributed by atoms with Crippen molar-refractivity contribution < 1.29 is 4.74 Å². The van der Waals surface area contributed by atoms with Gasteiger partial charge in [-0.1, -0.05) is 56.3 Å². The van der Waals surface area contributed by atoms with Crippen LogP contribution in [-0.2, 0) is 6.42 Å². The molecule has 1 aliphatic heterocycles. The average molecular weight is 267 g/mol. The highest BCUT2D eigenvalue weighted by Crippen LogP contribution is 2.34. The molecule has 0 amide bonds. The van der Waals surface area contributed by atoms with Crippen LogP contribution < -0.4 is 10.5 Å². The minimum absolute atomic E-state index is 0.00907. The Morgan fingerprint density at radius 2 is 1.75 bits per heavy atom. The van der Waals surface area contributed by atoms with E-state index in [1.165, 1.54) is 11.1 Å². The molecule has 0 radical (unpaired) electrons. The van der Waals surface area contributed by atoms with Gasteiger partial charge in [0.15, 0.2) is 0 Å². The molecule has 104 valence electrons. The lowest BCUT2D eigenvalue weighted by Crippen LogP contribution is -2.37. The molecule has 0 saturated heterocycles. The normalized spacial score (nSPS) is 21.4. The van der Waals surface area contributed by atoms with Crippen LogP contribution in [0.1, 0.15) is 42.6 Å². The molecular weight excluding hydrogens is 246 g/mol. The molecule has 0 aromatic heterocycles. The van der Waals surface area contributed by atoms with E-state index >= 15 is 0 Å². The molecule has 2 atom stereocenters. The molecule has 2 aromatic rings. The Labute approximate surface area is 120 Å². The molecule has 20 heavy (non-hydrogen) atoms. The van der Waals surface area contributed by atoms with Gasteiger partial charge in [0.05, 0.1) is 6.04 Å². The van der Waals surface area contributed by atoms with Gasteiger partial charge in [0.2, 0.25) is 0 Å². The highest BCUT2D eigenvalue weighted by Gasteiger charge is 2.28. The lowest BCUT2D eigenvalue weighted by molar-refractivity contribution is 0.153. The van der Waals surface area contributed by atoms with Crippen LogP contribution in [-0.4, -0.2) is 6.04 Å². The molecule has 1 aliphatic rings. The first-order chi connectivity index (χ1) is 9.65. The summed E-state index contributed by atoms with van der Waals surface area (Å²) in [5.41, 5.74) is 10.0. The van der Waals surface area contributed by atoms with Crippen molar-refractivity contribution in [2.24, 2.45) is 5.73 Å². The summed E-state index contributed by atoms with van der Waals surface area (Å²) in [6.07, 6.45) is 0.818.